The Morgan fingerprint density at radius 2 is 1.97 bits per heavy atom. The first-order valence-corrected chi connectivity index (χ1v) is 10.8. The van der Waals surface area contributed by atoms with E-state index in [0.717, 1.165) is 12.3 Å². The van der Waals surface area contributed by atoms with Crippen molar-refractivity contribution in [2.75, 3.05) is 6.54 Å². The number of ether oxygens (including phenoxy) is 2. The van der Waals surface area contributed by atoms with E-state index < -0.39 is 29.7 Å². The summed E-state index contributed by atoms with van der Waals surface area (Å²) < 4.78 is 53.5. The van der Waals surface area contributed by atoms with Crippen molar-refractivity contribution in [2.24, 2.45) is 0 Å². The van der Waals surface area contributed by atoms with Crippen LogP contribution in [-0.2, 0) is 4.74 Å². The van der Waals surface area contributed by atoms with E-state index in [2.05, 4.69) is 31.0 Å². The molecular formula is C21H23BrF3N3O5. The number of rotatable bonds is 4. The molecule has 1 aromatic carbocycles. The maximum absolute atomic E-state index is 12.7. The van der Waals surface area contributed by atoms with Gasteiger partial charge in [-0.25, -0.2) is 9.78 Å². The van der Waals surface area contributed by atoms with Crippen molar-refractivity contribution in [1.29, 1.82) is 0 Å². The molecule has 2 atom stereocenters. The van der Waals surface area contributed by atoms with E-state index in [9.17, 15) is 22.8 Å². The van der Waals surface area contributed by atoms with Crippen molar-refractivity contribution in [3.05, 3.63) is 34.8 Å². The molecule has 33 heavy (non-hydrogen) atoms. The summed E-state index contributed by atoms with van der Waals surface area (Å²) in [5.74, 6) is -1.55. The summed E-state index contributed by atoms with van der Waals surface area (Å²) in [5.41, 5.74) is -0.674. The average molecular weight is 534 g/mol. The Morgan fingerprint density at radius 3 is 2.61 bits per heavy atom. The maximum Gasteiger partial charge on any atom is 0.573 e. The number of nitrogens with zero attached hydrogens (tertiary/aromatic N) is 2. The summed E-state index contributed by atoms with van der Waals surface area (Å²) in [5, 5.41) is 2.74. The van der Waals surface area contributed by atoms with Crippen molar-refractivity contribution in [2.45, 2.75) is 58.2 Å². The largest absolute Gasteiger partial charge is 0.573 e. The fraction of sp³-hybridized carbons (Fsp3) is 0.476. The minimum atomic E-state index is -4.90. The second-order valence-corrected chi connectivity index (χ2v) is 9.52. The predicted octanol–water partition coefficient (Wildman–Crippen LogP) is 5.13. The van der Waals surface area contributed by atoms with Crippen LogP contribution in [0.15, 0.2) is 33.3 Å². The zero-order chi connectivity index (χ0) is 24.6. The Balaban J connectivity index is 1.70. The molecule has 0 spiro atoms. The van der Waals surface area contributed by atoms with Crippen LogP contribution >= 0.6 is 15.9 Å². The second-order valence-electron chi connectivity index (χ2n) is 8.61. The smallest absolute Gasteiger partial charge is 0.444 e. The summed E-state index contributed by atoms with van der Waals surface area (Å²) in [4.78, 5) is 30.4. The number of likely N-dealkylation sites (tertiary alicyclic amines) is 1. The van der Waals surface area contributed by atoms with Crippen LogP contribution in [0.2, 0.25) is 0 Å². The number of aromatic nitrogens is 1. The molecule has 0 aliphatic carbocycles. The summed E-state index contributed by atoms with van der Waals surface area (Å²) in [7, 11) is 0. The third-order valence-electron chi connectivity index (χ3n) is 4.67. The molecule has 2 aromatic rings. The predicted molar refractivity (Wildman–Crippen MR) is 115 cm³/mol. The molecule has 1 aromatic heterocycles. The molecule has 3 rings (SSSR count). The Hall–Kier alpha value is -2.76. The van der Waals surface area contributed by atoms with Gasteiger partial charge in [0.1, 0.15) is 11.4 Å². The third-order valence-corrected chi connectivity index (χ3v) is 5.16. The van der Waals surface area contributed by atoms with Crippen molar-refractivity contribution in [3.63, 3.8) is 0 Å². The summed E-state index contributed by atoms with van der Waals surface area (Å²) in [6.45, 7) is 7.38. The van der Waals surface area contributed by atoms with Gasteiger partial charge in [0.2, 0.25) is 0 Å². The lowest BCUT2D eigenvalue weighted by molar-refractivity contribution is -0.274. The van der Waals surface area contributed by atoms with Crippen molar-refractivity contribution < 1.29 is 36.7 Å². The van der Waals surface area contributed by atoms with Gasteiger partial charge in [0.05, 0.1) is 11.8 Å². The third kappa shape index (κ3) is 6.62. The second kappa shape index (κ2) is 9.24. The van der Waals surface area contributed by atoms with E-state index in [0.29, 0.717) is 10.9 Å². The van der Waals surface area contributed by atoms with Gasteiger partial charge in [0.25, 0.3) is 5.89 Å². The van der Waals surface area contributed by atoms with Crippen LogP contribution in [0.3, 0.4) is 0 Å². The molecule has 1 saturated heterocycles. The fourth-order valence-electron chi connectivity index (χ4n) is 3.37. The van der Waals surface area contributed by atoms with Crippen LogP contribution in [0.5, 0.6) is 5.75 Å². The molecule has 0 bridgehead atoms. The van der Waals surface area contributed by atoms with Gasteiger partial charge in [-0.15, -0.1) is 13.2 Å². The van der Waals surface area contributed by atoms with E-state index in [1.807, 2.05) is 6.92 Å². The lowest BCUT2D eigenvalue weighted by Gasteiger charge is -2.26. The van der Waals surface area contributed by atoms with Crippen molar-refractivity contribution in [1.82, 2.24) is 15.2 Å². The average Bonchev–Trinajstić information content (AvgIpc) is 3.27. The molecule has 0 radical (unpaired) electrons. The Kier molecular flexibility index (Phi) is 6.96. The summed E-state index contributed by atoms with van der Waals surface area (Å²) >= 11 is 3.19. The van der Waals surface area contributed by atoms with Crippen LogP contribution in [-0.4, -0.2) is 52.5 Å². The molecule has 2 amide bonds. The zero-order valence-electron chi connectivity index (χ0n) is 18.3. The first kappa shape index (κ1) is 24.9. The quantitative estimate of drug-likeness (QED) is 0.585. The summed E-state index contributed by atoms with van der Waals surface area (Å²) in [6.07, 6.45) is -3.74. The van der Waals surface area contributed by atoms with Gasteiger partial charge in [-0.05, 0) is 52.3 Å². The number of hydrogen-bond acceptors (Lipinski definition) is 6. The number of halogens is 4. The fourth-order valence-corrected chi connectivity index (χ4v) is 3.73. The molecule has 1 fully saturated rings. The van der Waals surface area contributed by atoms with Gasteiger partial charge in [-0.1, -0.05) is 15.9 Å². The topological polar surface area (TPSA) is 93.9 Å². The number of nitrogens with one attached hydrogen (secondary N) is 1. The van der Waals surface area contributed by atoms with E-state index in [1.165, 1.54) is 17.0 Å². The number of amides is 2. The molecule has 0 unspecified atom stereocenters. The minimum absolute atomic E-state index is 0.0289. The molecule has 1 aliphatic rings. The van der Waals surface area contributed by atoms with Crippen molar-refractivity contribution in [3.8, 4) is 17.1 Å². The molecule has 8 nitrogen and oxygen atoms in total. The van der Waals surface area contributed by atoms with Gasteiger partial charge in [-0.2, -0.15) is 0 Å². The molecule has 1 N–H and O–H groups in total. The van der Waals surface area contributed by atoms with Gasteiger partial charge >= 0.3 is 18.4 Å². The molecule has 180 valence electrons. The normalized spacial score (nSPS) is 18.8. The molecule has 0 saturated carbocycles. The molecular weight excluding hydrogens is 511 g/mol. The van der Waals surface area contributed by atoms with Crippen LogP contribution in [0.4, 0.5) is 18.0 Å². The Labute approximate surface area is 196 Å². The lowest BCUT2D eigenvalue weighted by atomic mass is 10.1. The highest BCUT2D eigenvalue weighted by Crippen LogP contribution is 2.36. The zero-order valence-corrected chi connectivity index (χ0v) is 19.9. The van der Waals surface area contributed by atoms with Gasteiger partial charge in [-0.3, -0.25) is 4.79 Å². The highest BCUT2D eigenvalue weighted by Gasteiger charge is 2.36. The SMILES string of the molecule is C[C@@H]1C[C@@H](NC(=O)c2ncc(-c3cc(Br)ccc3OC(F)(F)F)o2)CN1C(=O)OC(C)(C)C. The number of carbonyl (C=O) groups is 2. The van der Waals surface area contributed by atoms with Crippen LogP contribution < -0.4 is 10.1 Å². The van der Waals surface area contributed by atoms with Crippen LogP contribution in [0, 0.1) is 0 Å². The van der Waals surface area contributed by atoms with Crippen LogP contribution in [0.25, 0.3) is 11.3 Å². The number of carbonyl (C=O) groups excluding carboxylic acids is 2. The lowest BCUT2D eigenvalue weighted by Crippen LogP contribution is -2.41. The number of alkyl halides is 3. The monoisotopic (exact) mass is 533 g/mol. The van der Waals surface area contributed by atoms with Gasteiger partial charge < -0.3 is 24.1 Å². The van der Waals surface area contributed by atoms with E-state index >= 15 is 0 Å². The Bertz CT molecular complexity index is 1030. The van der Waals surface area contributed by atoms with E-state index in [1.54, 1.807) is 20.8 Å². The minimum Gasteiger partial charge on any atom is -0.444 e. The first-order valence-electron chi connectivity index (χ1n) is 10.0. The van der Waals surface area contributed by atoms with Crippen LogP contribution in [0.1, 0.15) is 44.8 Å². The highest BCUT2D eigenvalue weighted by molar-refractivity contribution is 9.10. The highest BCUT2D eigenvalue weighted by atomic mass is 79.9. The molecule has 12 heteroatoms. The maximum atomic E-state index is 12.7. The van der Waals surface area contributed by atoms with Crippen molar-refractivity contribution >= 4 is 27.9 Å². The van der Waals surface area contributed by atoms with Gasteiger partial charge in [0.15, 0.2) is 5.76 Å². The summed E-state index contributed by atoms with van der Waals surface area (Å²) in [6, 6.07) is 3.34. The number of benzene rings is 1. The van der Waals surface area contributed by atoms with E-state index in [4.69, 9.17) is 9.15 Å². The number of hydrogen-bond donors (Lipinski definition) is 1. The van der Waals surface area contributed by atoms with E-state index in [-0.39, 0.29) is 35.8 Å². The standard InChI is InChI=1S/C21H23BrF3N3O5/c1-11-7-13(10-28(11)19(30)33-20(2,3)4)27-17(29)18-26-9-16(31-18)14-8-12(22)5-6-15(14)32-21(23,24)25/h5-6,8-9,11,13H,7,10H2,1-4H3,(H,27,29)/t11-,13-/m1/s1. The number of oxazole rings is 1. The first-order chi connectivity index (χ1) is 15.2. The Morgan fingerprint density at radius 1 is 1.27 bits per heavy atom. The molecule has 1 aliphatic heterocycles. The molecule has 2 heterocycles. The van der Waals surface area contributed by atoms with Gasteiger partial charge in [0, 0.05) is 23.1 Å².